The Morgan fingerprint density at radius 2 is 2.19 bits per heavy atom. The first-order valence-corrected chi connectivity index (χ1v) is 6.72. The van der Waals surface area contributed by atoms with Crippen molar-refractivity contribution < 1.29 is 0 Å². The molecular formula is C15H14N6. The van der Waals surface area contributed by atoms with Crippen LogP contribution in [0.25, 0.3) is 10.9 Å². The number of nitrogens with one attached hydrogen (secondary N) is 1. The standard InChI is InChI=1S/C15H14N6/c1-2-21-10-18-20-15(21)9-17-14-7-11(8-16)12-5-3-4-6-13(12)19-14/h3-7,10H,2,9H2,1H3,(H,17,19). The van der Waals surface area contributed by atoms with Gasteiger partial charge in [-0.2, -0.15) is 5.26 Å². The van der Waals surface area contributed by atoms with E-state index in [4.69, 9.17) is 0 Å². The van der Waals surface area contributed by atoms with Crippen LogP contribution in [0.1, 0.15) is 18.3 Å². The highest BCUT2D eigenvalue weighted by Gasteiger charge is 2.07. The Labute approximate surface area is 122 Å². The summed E-state index contributed by atoms with van der Waals surface area (Å²) in [6.45, 7) is 3.37. The summed E-state index contributed by atoms with van der Waals surface area (Å²) in [5.74, 6) is 1.50. The molecule has 0 saturated carbocycles. The summed E-state index contributed by atoms with van der Waals surface area (Å²) in [5.41, 5.74) is 1.41. The predicted octanol–water partition coefficient (Wildman–Crippen LogP) is 2.33. The lowest BCUT2D eigenvalue weighted by molar-refractivity contribution is 0.707. The second-order valence-electron chi connectivity index (χ2n) is 4.57. The van der Waals surface area contributed by atoms with Gasteiger partial charge in [0.25, 0.3) is 0 Å². The minimum atomic E-state index is 0.518. The van der Waals surface area contributed by atoms with Crippen molar-refractivity contribution in [1.82, 2.24) is 19.7 Å². The fraction of sp³-hybridized carbons (Fsp3) is 0.200. The van der Waals surface area contributed by atoms with Crippen molar-refractivity contribution in [1.29, 1.82) is 5.26 Å². The summed E-state index contributed by atoms with van der Waals surface area (Å²) in [6, 6.07) is 11.6. The summed E-state index contributed by atoms with van der Waals surface area (Å²) in [7, 11) is 0. The smallest absolute Gasteiger partial charge is 0.152 e. The molecule has 6 heteroatoms. The highest BCUT2D eigenvalue weighted by atomic mass is 15.3. The van der Waals surface area contributed by atoms with E-state index in [0.717, 1.165) is 23.3 Å². The maximum Gasteiger partial charge on any atom is 0.152 e. The number of benzene rings is 1. The third-order valence-electron chi connectivity index (χ3n) is 3.30. The Morgan fingerprint density at radius 3 is 3.00 bits per heavy atom. The van der Waals surface area contributed by atoms with Gasteiger partial charge in [-0.25, -0.2) is 4.98 Å². The monoisotopic (exact) mass is 278 g/mol. The molecule has 3 aromatic rings. The predicted molar refractivity (Wildman–Crippen MR) is 79.5 cm³/mol. The average Bonchev–Trinajstić information content (AvgIpc) is 2.99. The molecular weight excluding hydrogens is 264 g/mol. The summed E-state index contributed by atoms with van der Waals surface area (Å²) in [5, 5.41) is 21.3. The zero-order chi connectivity index (χ0) is 14.7. The third kappa shape index (κ3) is 2.54. The molecule has 2 aromatic heterocycles. The van der Waals surface area contributed by atoms with Gasteiger partial charge in [0.05, 0.1) is 23.7 Å². The summed E-state index contributed by atoms with van der Waals surface area (Å²) < 4.78 is 1.96. The maximum absolute atomic E-state index is 9.26. The van der Waals surface area contributed by atoms with Gasteiger partial charge in [0, 0.05) is 11.9 Å². The molecule has 104 valence electrons. The number of rotatable bonds is 4. The molecule has 1 N–H and O–H groups in total. The molecule has 0 bridgehead atoms. The minimum absolute atomic E-state index is 0.518. The van der Waals surface area contributed by atoms with E-state index in [1.165, 1.54) is 0 Å². The van der Waals surface area contributed by atoms with Crippen molar-refractivity contribution in [3.63, 3.8) is 0 Å². The first kappa shape index (κ1) is 13.1. The van der Waals surface area contributed by atoms with Gasteiger partial charge in [0.15, 0.2) is 5.82 Å². The topological polar surface area (TPSA) is 79.4 Å². The van der Waals surface area contributed by atoms with E-state index in [1.807, 2.05) is 35.8 Å². The first-order chi connectivity index (χ1) is 10.3. The molecule has 0 aliphatic rings. The van der Waals surface area contributed by atoms with Gasteiger partial charge in [-0.05, 0) is 19.1 Å². The van der Waals surface area contributed by atoms with Crippen molar-refractivity contribution in [3.05, 3.63) is 48.0 Å². The second kappa shape index (κ2) is 5.59. The summed E-state index contributed by atoms with van der Waals surface area (Å²) in [4.78, 5) is 4.52. The number of nitrogens with zero attached hydrogens (tertiary/aromatic N) is 5. The Bertz CT molecular complexity index is 814. The van der Waals surface area contributed by atoms with E-state index in [9.17, 15) is 5.26 Å². The van der Waals surface area contributed by atoms with E-state index in [2.05, 4.69) is 26.6 Å². The van der Waals surface area contributed by atoms with Crippen LogP contribution in [0.5, 0.6) is 0 Å². The van der Waals surface area contributed by atoms with Gasteiger partial charge in [0.1, 0.15) is 12.1 Å². The number of aryl methyl sites for hydroxylation is 1. The number of nitriles is 1. The van der Waals surface area contributed by atoms with Crippen LogP contribution in [0, 0.1) is 11.3 Å². The SMILES string of the molecule is CCn1cnnc1CNc1cc(C#N)c2ccccc2n1. The molecule has 0 aliphatic carbocycles. The molecule has 0 radical (unpaired) electrons. The Balaban J connectivity index is 1.89. The van der Waals surface area contributed by atoms with Gasteiger partial charge in [-0.15, -0.1) is 10.2 Å². The lowest BCUT2D eigenvalue weighted by Crippen LogP contribution is -2.08. The largest absolute Gasteiger partial charge is 0.363 e. The molecule has 0 saturated heterocycles. The lowest BCUT2D eigenvalue weighted by Gasteiger charge is -2.08. The van der Waals surface area contributed by atoms with Crippen molar-refractivity contribution in [2.75, 3.05) is 5.32 Å². The van der Waals surface area contributed by atoms with Crippen LogP contribution >= 0.6 is 0 Å². The minimum Gasteiger partial charge on any atom is -0.363 e. The highest BCUT2D eigenvalue weighted by molar-refractivity contribution is 5.86. The number of hydrogen-bond acceptors (Lipinski definition) is 5. The van der Waals surface area contributed by atoms with E-state index in [0.29, 0.717) is 17.9 Å². The quantitative estimate of drug-likeness (QED) is 0.792. The Kier molecular flexibility index (Phi) is 3.48. The number of anilines is 1. The molecule has 0 amide bonds. The van der Waals surface area contributed by atoms with Crippen molar-refractivity contribution in [3.8, 4) is 6.07 Å². The van der Waals surface area contributed by atoms with E-state index in [1.54, 1.807) is 12.4 Å². The first-order valence-electron chi connectivity index (χ1n) is 6.72. The normalized spacial score (nSPS) is 10.5. The molecule has 1 aromatic carbocycles. The average molecular weight is 278 g/mol. The van der Waals surface area contributed by atoms with Gasteiger partial charge in [-0.3, -0.25) is 0 Å². The maximum atomic E-state index is 9.26. The molecule has 0 atom stereocenters. The van der Waals surface area contributed by atoms with Crippen LogP contribution in [0.15, 0.2) is 36.7 Å². The zero-order valence-electron chi connectivity index (χ0n) is 11.6. The number of aromatic nitrogens is 4. The molecule has 3 rings (SSSR count). The number of pyridine rings is 1. The van der Waals surface area contributed by atoms with Crippen molar-refractivity contribution in [2.45, 2.75) is 20.0 Å². The molecule has 6 nitrogen and oxygen atoms in total. The summed E-state index contributed by atoms with van der Waals surface area (Å²) in [6.07, 6.45) is 1.70. The molecule has 0 unspecified atom stereocenters. The van der Waals surface area contributed by atoms with E-state index < -0.39 is 0 Å². The van der Waals surface area contributed by atoms with Crippen molar-refractivity contribution >= 4 is 16.7 Å². The molecule has 0 fully saturated rings. The Morgan fingerprint density at radius 1 is 1.33 bits per heavy atom. The van der Waals surface area contributed by atoms with Crippen LogP contribution in [-0.4, -0.2) is 19.7 Å². The lowest BCUT2D eigenvalue weighted by atomic mass is 10.1. The van der Waals surface area contributed by atoms with Gasteiger partial charge >= 0.3 is 0 Å². The van der Waals surface area contributed by atoms with Crippen LogP contribution in [0.2, 0.25) is 0 Å². The van der Waals surface area contributed by atoms with Crippen LogP contribution in [-0.2, 0) is 13.1 Å². The number of hydrogen-bond donors (Lipinski definition) is 1. The van der Waals surface area contributed by atoms with Crippen LogP contribution in [0.4, 0.5) is 5.82 Å². The van der Waals surface area contributed by atoms with Gasteiger partial charge < -0.3 is 9.88 Å². The van der Waals surface area contributed by atoms with Gasteiger partial charge in [-0.1, -0.05) is 18.2 Å². The third-order valence-corrected chi connectivity index (χ3v) is 3.30. The fourth-order valence-electron chi connectivity index (χ4n) is 2.21. The van der Waals surface area contributed by atoms with Crippen LogP contribution in [0.3, 0.4) is 0 Å². The number of para-hydroxylation sites is 1. The molecule has 2 heterocycles. The Hall–Kier alpha value is -2.94. The summed E-state index contributed by atoms with van der Waals surface area (Å²) >= 11 is 0. The van der Waals surface area contributed by atoms with E-state index >= 15 is 0 Å². The second-order valence-corrected chi connectivity index (χ2v) is 4.57. The number of fused-ring (bicyclic) bond motifs is 1. The van der Waals surface area contributed by atoms with Gasteiger partial charge in [0.2, 0.25) is 0 Å². The van der Waals surface area contributed by atoms with Crippen molar-refractivity contribution in [2.24, 2.45) is 0 Å². The van der Waals surface area contributed by atoms with E-state index in [-0.39, 0.29) is 0 Å². The fourth-order valence-corrected chi connectivity index (χ4v) is 2.21. The molecule has 21 heavy (non-hydrogen) atoms. The van der Waals surface area contributed by atoms with Crippen LogP contribution < -0.4 is 5.32 Å². The highest BCUT2D eigenvalue weighted by Crippen LogP contribution is 2.20. The zero-order valence-corrected chi connectivity index (χ0v) is 11.6. The molecule has 0 spiro atoms. The molecule has 0 aliphatic heterocycles.